The van der Waals surface area contributed by atoms with Crippen molar-refractivity contribution in [2.45, 2.75) is 39.3 Å². The second kappa shape index (κ2) is 9.29. The Morgan fingerprint density at radius 1 is 1.36 bits per heavy atom. The second-order valence-corrected chi connectivity index (χ2v) is 6.83. The Kier molecular flexibility index (Phi) is 7.31. The summed E-state index contributed by atoms with van der Waals surface area (Å²) < 4.78 is 30.4. The molecule has 0 bridgehead atoms. The van der Waals surface area contributed by atoms with E-state index < -0.39 is 6.61 Å². The minimum Gasteiger partial charge on any atom is -0.435 e. The lowest BCUT2D eigenvalue weighted by Crippen LogP contribution is -2.49. The van der Waals surface area contributed by atoms with Gasteiger partial charge in [0.1, 0.15) is 5.75 Å². The number of aromatic nitrogens is 3. The SMILES string of the molecule is Cc1c(C(=O)N2CCC(C)CC2CN)nnn1-c1ccc(OC(F)F)cc1.Cl. The van der Waals surface area contributed by atoms with Gasteiger partial charge in [0.25, 0.3) is 5.91 Å². The summed E-state index contributed by atoms with van der Waals surface area (Å²) >= 11 is 0. The van der Waals surface area contributed by atoms with E-state index in [9.17, 15) is 13.6 Å². The van der Waals surface area contributed by atoms with Gasteiger partial charge in [0.15, 0.2) is 5.69 Å². The van der Waals surface area contributed by atoms with E-state index in [1.54, 1.807) is 24.0 Å². The molecule has 1 aromatic carbocycles. The summed E-state index contributed by atoms with van der Waals surface area (Å²) in [4.78, 5) is 14.7. The normalized spacial score (nSPS) is 19.4. The van der Waals surface area contributed by atoms with Crippen molar-refractivity contribution < 1.29 is 18.3 Å². The molecule has 2 N–H and O–H groups in total. The highest BCUT2D eigenvalue weighted by molar-refractivity contribution is 5.93. The van der Waals surface area contributed by atoms with Crippen LogP contribution in [0.2, 0.25) is 0 Å². The van der Waals surface area contributed by atoms with Crippen LogP contribution in [0.1, 0.15) is 35.9 Å². The Labute approximate surface area is 168 Å². The number of amides is 1. The molecule has 0 saturated carbocycles. The molecular weight excluding hydrogens is 392 g/mol. The van der Waals surface area contributed by atoms with Crippen LogP contribution >= 0.6 is 12.4 Å². The number of benzene rings is 1. The van der Waals surface area contributed by atoms with Gasteiger partial charge in [-0.2, -0.15) is 8.78 Å². The van der Waals surface area contributed by atoms with Crippen LogP contribution < -0.4 is 10.5 Å². The maximum absolute atomic E-state index is 13.0. The first-order chi connectivity index (χ1) is 12.9. The molecule has 2 atom stereocenters. The standard InChI is InChI=1S/C18H23F2N5O2.ClH/c1-11-7-8-24(14(9-11)10-21)17(26)16-12(2)25(23-22-16)13-3-5-15(6-4-13)27-18(19)20;/h3-6,11,14,18H,7-10,21H2,1-2H3;1H. The van der Waals surface area contributed by atoms with Gasteiger partial charge < -0.3 is 15.4 Å². The fraction of sp³-hybridized carbons (Fsp3) is 0.500. The van der Waals surface area contributed by atoms with E-state index in [1.807, 2.05) is 0 Å². The molecule has 1 aliphatic rings. The first kappa shape index (κ1) is 22.0. The molecule has 28 heavy (non-hydrogen) atoms. The van der Waals surface area contributed by atoms with Crippen LogP contribution in [0.25, 0.3) is 5.69 Å². The van der Waals surface area contributed by atoms with Gasteiger partial charge in [-0.1, -0.05) is 12.1 Å². The summed E-state index contributed by atoms with van der Waals surface area (Å²) in [7, 11) is 0. The Bertz CT molecular complexity index is 800. The summed E-state index contributed by atoms with van der Waals surface area (Å²) in [5.74, 6) is 0.406. The van der Waals surface area contributed by atoms with Crippen LogP contribution in [0.15, 0.2) is 24.3 Å². The Hall–Kier alpha value is -2.26. The fourth-order valence-electron chi connectivity index (χ4n) is 3.42. The largest absolute Gasteiger partial charge is 0.435 e. The zero-order chi connectivity index (χ0) is 19.6. The van der Waals surface area contributed by atoms with Crippen molar-refractivity contribution in [3.63, 3.8) is 0 Å². The average Bonchev–Trinajstić information content (AvgIpc) is 3.02. The number of nitrogens with zero attached hydrogens (tertiary/aromatic N) is 4. The maximum Gasteiger partial charge on any atom is 0.387 e. The van der Waals surface area contributed by atoms with Gasteiger partial charge in [-0.3, -0.25) is 4.79 Å². The van der Waals surface area contributed by atoms with Crippen molar-refractivity contribution in [3.8, 4) is 11.4 Å². The number of rotatable bonds is 5. The van der Waals surface area contributed by atoms with Crippen molar-refractivity contribution in [2.24, 2.45) is 11.7 Å². The lowest BCUT2D eigenvalue weighted by atomic mass is 9.92. The number of halogens is 3. The second-order valence-electron chi connectivity index (χ2n) is 6.83. The molecule has 1 amide bonds. The van der Waals surface area contributed by atoms with E-state index in [2.05, 4.69) is 22.0 Å². The molecule has 1 saturated heterocycles. The van der Waals surface area contributed by atoms with E-state index in [0.717, 1.165) is 12.8 Å². The number of hydrogen-bond acceptors (Lipinski definition) is 5. The third-order valence-corrected chi connectivity index (χ3v) is 4.91. The fourth-order valence-corrected chi connectivity index (χ4v) is 3.42. The number of alkyl halides is 2. The van der Waals surface area contributed by atoms with Crippen LogP contribution in [0.3, 0.4) is 0 Å². The third kappa shape index (κ3) is 4.59. The van der Waals surface area contributed by atoms with Crippen LogP contribution in [0, 0.1) is 12.8 Å². The van der Waals surface area contributed by atoms with Crippen molar-refractivity contribution >= 4 is 18.3 Å². The summed E-state index contributed by atoms with van der Waals surface area (Å²) in [5, 5.41) is 8.11. The summed E-state index contributed by atoms with van der Waals surface area (Å²) in [6.07, 6.45) is 1.81. The average molecular weight is 416 g/mol. The molecule has 1 aliphatic heterocycles. The Balaban J connectivity index is 0.00000280. The number of likely N-dealkylation sites (tertiary alicyclic amines) is 1. The van der Waals surface area contributed by atoms with Crippen LogP contribution in [-0.2, 0) is 0 Å². The summed E-state index contributed by atoms with van der Waals surface area (Å²) in [6.45, 7) is 2.09. The van der Waals surface area contributed by atoms with Crippen molar-refractivity contribution in [1.82, 2.24) is 19.9 Å². The summed E-state index contributed by atoms with van der Waals surface area (Å²) in [5.41, 5.74) is 7.31. The van der Waals surface area contributed by atoms with Gasteiger partial charge in [0.2, 0.25) is 0 Å². The van der Waals surface area contributed by atoms with Gasteiger partial charge in [0, 0.05) is 19.1 Å². The topological polar surface area (TPSA) is 86.3 Å². The number of carbonyl (C=O) groups excluding carboxylic acids is 1. The highest BCUT2D eigenvalue weighted by atomic mass is 35.5. The van der Waals surface area contributed by atoms with Crippen LogP contribution in [0.5, 0.6) is 5.75 Å². The zero-order valence-corrected chi connectivity index (χ0v) is 16.5. The van der Waals surface area contributed by atoms with Crippen molar-refractivity contribution in [2.75, 3.05) is 13.1 Å². The smallest absolute Gasteiger partial charge is 0.387 e. The summed E-state index contributed by atoms with van der Waals surface area (Å²) in [6, 6.07) is 6.00. The lowest BCUT2D eigenvalue weighted by Gasteiger charge is -2.37. The van der Waals surface area contributed by atoms with E-state index in [4.69, 9.17) is 5.73 Å². The molecule has 2 heterocycles. The van der Waals surface area contributed by atoms with Gasteiger partial charge >= 0.3 is 6.61 Å². The minimum absolute atomic E-state index is 0. The predicted molar refractivity (Wildman–Crippen MR) is 102 cm³/mol. The minimum atomic E-state index is -2.88. The van der Waals surface area contributed by atoms with Gasteiger partial charge in [-0.15, -0.1) is 17.5 Å². The third-order valence-electron chi connectivity index (χ3n) is 4.91. The molecule has 10 heteroatoms. The van der Waals surface area contributed by atoms with Gasteiger partial charge in [-0.05, 0) is 49.9 Å². The molecule has 2 aromatic rings. The number of hydrogen-bond donors (Lipinski definition) is 1. The highest BCUT2D eigenvalue weighted by Crippen LogP contribution is 2.25. The van der Waals surface area contributed by atoms with E-state index in [1.165, 1.54) is 16.8 Å². The van der Waals surface area contributed by atoms with Crippen molar-refractivity contribution in [3.05, 3.63) is 35.7 Å². The first-order valence-electron chi connectivity index (χ1n) is 8.89. The van der Waals surface area contributed by atoms with E-state index >= 15 is 0 Å². The van der Waals surface area contributed by atoms with E-state index in [-0.39, 0.29) is 35.8 Å². The molecule has 1 fully saturated rings. The molecule has 0 spiro atoms. The molecule has 154 valence electrons. The Morgan fingerprint density at radius 3 is 2.64 bits per heavy atom. The zero-order valence-electron chi connectivity index (χ0n) is 15.7. The quantitative estimate of drug-likeness (QED) is 0.811. The van der Waals surface area contributed by atoms with E-state index in [0.29, 0.717) is 30.4 Å². The molecule has 7 nitrogen and oxygen atoms in total. The maximum atomic E-state index is 13.0. The lowest BCUT2D eigenvalue weighted by molar-refractivity contribution is -0.0498. The van der Waals surface area contributed by atoms with Crippen LogP contribution in [0.4, 0.5) is 8.78 Å². The Morgan fingerprint density at radius 2 is 2.04 bits per heavy atom. The highest BCUT2D eigenvalue weighted by Gasteiger charge is 2.32. The first-order valence-corrected chi connectivity index (χ1v) is 8.89. The molecule has 0 radical (unpaired) electrons. The predicted octanol–water partition coefficient (Wildman–Crippen LogP) is 2.80. The molecule has 0 aliphatic carbocycles. The van der Waals surface area contributed by atoms with Crippen LogP contribution in [-0.4, -0.2) is 51.5 Å². The molecule has 1 aromatic heterocycles. The van der Waals surface area contributed by atoms with Crippen molar-refractivity contribution in [1.29, 1.82) is 0 Å². The van der Waals surface area contributed by atoms with Gasteiger partial charge in [0.05, 0.1) is 11.4 Å². The number of piperidine rings is 1. The monoisotopic (exact) mass is 415 g/mol. The number of nitrogens with two attached hydrogens (primary N) is 1. The molecule has 2 unspecified atom stereocenters. The molecular formula is C18H24ClF2N5O2. The van der Waals surface area contributed by atoms with Gasteiger partial charge in [-0.25, -0.2) is 4.68 Å². The molecule has 3 rings (SSSR count). The number of ether oxygens (including phenoxy) is 1. The number of carbonyl (C=O) groups is 1.